The molecule has 9 nitrogen and oxygen atoms in total. The quantitative estimate of drug-likeness (QED) is 0.0973. The lowest BCUT2D eigenvalue weighted by molar-refractivity contribution is -0.384. The van der Waals surface area contributed by atoms with Gasteiger partial charge in [-0.25, -0.2) is 9.18 Å². The van der Waals surface area contributed by atoms with Gasteiger partial charge in [0, 0.05) is 36.5 Å². The number of urea groups is 1. The maximum atomic E-state index is 13.4. The summed E-state index contributed by atoms with van der Waals surface area (Å²) in [6, 6.07) is 21.2. The number of nitrogens with one attached hydrogen (secondary N) is 2. The number of aromatic nitrogens is 3. The number of rotatable bonds is 12. The molecule has 2 N–H and O–H groups in total. The number of nitrogens with zero attached hydrogens (tertiary/aromatic N) is 4. The summed E-state index contributed by atoms with van der Waals surface area (Å²) >= 11 is 1.40. The number of carbonyl (C=O) groups is 1. The van der Waals surface area contributed by atoms with Crippen LogP contribution in [0.5, 0.6) is 0 Å². The molecule has 0 radical (unpaired) electrons. The van der Waals surface area contributed by atoms with Crippen LogP contribution < -0.4 is 10.6 Å². The van der Waals surface area contributed by atoms with Gasteiger partial charge in [0.2, 0.25) is 0 Å². The van der Waals surface area contributed by atoms with E-state index in [4.69, 9.17) is 0 Å². The van der Waals surface area contributed by atoms with Gasteiger partial charge in [-0.2, -0.15) is 0 Å². The Morgan fingerprint density at radius 1 is 1.03 bits per heavy atom. The monoisotopic (exact) mass is 548 g/mol. The molecule has 2 amide bonds. The van der Waals surface area contributed by atoms with Crippen molar-refractivity contribution < 1.29 is 14.1 Å². The second kappa shape index (κ2) is 13.5. The maximum Gasteiger partial charge on any atom is 0.315 e. The third-order valence-corrected chi connectivity index (χ3v) is 6.97. The average molecular weight is 549 g/mol. The van der Waals surface area contributed by atoms with Gasteiger partial charge >= 0.3 is 6.03 Å². The summed E-state index contributed by atoms with van der Waals surface area (Å²) in [6.07, 6.45) is 2.27. The highest BCUT2D eigenvalue weighted by Crippen LogP contribution is 2.30. The van der Waals surface area contributed by atoms with Crippen LogP contribution in [0, 0.1) is 15.9 Å². The van der Waals surface area contributed by atoms with Crippen molar-refractivity contribution in [3.63, 3.8) is 0 Å². The second-order valence-electron chi connectivity index (χ2n) is 8.86. The number of nitro benzene ring substituents is 1. The minimum atomic E-state index is -0.545. The van der Waals surface area contributed by atoms with E-state index in [1.165, 1.54) is 36.0 Å². The summed E-state index contributed by atoms with van der Waals surface area (Å²) in [5.74, 6) is 0.673. The summed E-state index contributed by atoms with van der Waals surface area (Å²) in [4.78, 5) is 23.6. The number of thioether (sulfide) groups is 1. The number of non-ortho nitro benzene ring substituents is 1. The van der Waals surface area contributed by atoms with Crippen LogP contribution in [-0.2, 0) is 12.2 Å². The molecule has 1 unspecified atom stereocenters. The molecule has 0 spiro atoms. The highest BCUT2D eigenvalue weighted by Gasteiger charge is 2.25. The van der Waals surface area contributed by atoms with E-state index in [-0.39, 0.29) is 17.5 Å². The fraction of sp³-hybridized carbons (Fsp3) is 0.250. The summed E-state index contributed by atoms with van der Waals surface area (Å²) in [5, 5.41) is 26.6. The van der Waals surface area contributed by atoms with E-state index < -0.39 is 11.0 Å². The van der Waals surface area contributed by atoms with Crippen molar-refractivity contribution >= 4 is 23.5 Å². The summed E-state index contributed by atoms with van der Waals surface area (Å²) in [6.45, 7) is 2.60. The van der Waals surface area contributed by atoms with E-state index >= 15 is 0 Å². The molecule has 0 aliphatic rings. The van der Waals surface area contributed by atoms with Gasteiger partial charge in [0.25, 0.3) is 5.69 Å². The van der Waals surface area contributed by atoms with Gasteiger partial charge in [0.15, 0.2) is 11.0 Å². The number of unbranched alkanes of at least 4 members (excludes halogenated alkanes) is 1. The van der Waals surface area contributed by atoms with E-state index in [2.05, 4.69) is 27.8 Å². The number of carbonyl (C=O) groups excluding carboxylic acids is 1. The molecule has 0 fully saturated rings. The molecule has 0 aliphatic carbocycles. The van der Waals surface area contributed by atoms with Gasteiger partial charge in [-0.05, 0) is 41.8 Å². The average Bonchev–Trinajstić information content (AvgIpc) is 3.37. The lowest BCUT2D eigenvalue weighted by Gasteiger charge is -2.20. The van der Waals surface area contributed by atoms with Crippen LogP contribution >= 0.6 is 11.8 Å². The molecule has 202 valence electrons. The van der Waals surface area contributed by atoms with Crippen LogP contribution in [0.2, 0.25) is 0 Å². The minimum absolute atomic E-state index is 0.0387. The Kier molecular flexibility index (Phi) is 9.63. The van der Waals surface area contributed by atoms with Crippen molar-refractivity contribution in [3.8, 4) is 5.69 Å². The Bertz CT molecular complexity index is 1380. The molecule has 0 bridgehead atoms. The van der Waals surface area contributed by atoms with Crippen molar-refractivity contribution in [2.75, 3.05) is 6.54 Å². The van der Waals surface area contributed by atoms with Crippen LogP contribution in [0.1, 0.15) is 42.8 Å². The topological polar surface area (TPSA) is 115 Å². The molecular formula is C28H29FN6O3S. The van der Waals surface area contributed by atoms with Crippen molar-refractivity contribution in [3.05, 3.63) is 112 Å². The molecule has 0 saturated heterocycles. The first-order valence-corrected chi connectivity index (χ1v) is 13.6. The summed E-state index contributed by atoms with van der Waals surface area (Å²) in [5.41, 5.74) is 2.47. The molecule has 0 aliphatic heterocycles. The van der Waals surface area contributed by atoms with E-state index in [1.54, 1.807) is 28.8 Å². The molecule has 4 rings (SSSR count). The molecule has 0 saturated carbocycles. The molecule has 1 heterocycles. The maximum absolute atomic E-state index is 13.4. The lowest BCUT2D eigenvalue weighted by Crippen LogP contribution is -2.40. The first-order valence-electron chi connectivity index (χ1n) is 12.6. The van der Waals surface area contributed by atoms with Gasteiger partial charge in [-0.3, -0.25) is 14.7 Å². The number of benzene rings is 3. The summed E-state index contributed by atoms with van der Waals surface area (Å²) < 4.78 is 15.2. The first kappa shape index (κ1) is 27.8. The van der Waals surface area contributed by atoms with E-state index in [9.17, 15) is 19.3 Å². The van der Waals surface area contributed by atoms with Crippen LogP contribution in [-0.4, -0.2) is 32.3 Å². The summed E-state index contributed by atoms with van der Waals surface area (Å²) in [7, 11) is 0. The SMILES string of the molecule is CCCCNC(=O)NC(Cc1ccccc1)c1nnc(SCc2ccc(F)cc2)n1-c1ccc([N+](=O)[O-])cc1. The number of hydrogen-bond acceptors (Lipinski definition) is 6. The first-order chi connectivity index (χ1) is 18.9. The molecule has 4 aromatic rings. The number of amides is 2. The Morgan fingerprint density at radius 2 is 1.74 bits per heavy atom. The number of halogens is 1. The van der Waals surface area contributed by atoms with Crippen LogP contribution in [0.3, 0.4) is 0 Å². The van der Waals surface area contributed by atoms with Gasteiger partial charge < -0.3 is 10.6 Å². The van der Waals surface area contributed by atoms with Crippen molar-refractivity contribution in [2.45, 2.75) is 43.1 Å². The predicted molar refractivity (Wildman–Crippen MR) is 148 cm³/mol. The molecular weight excluding hydrogens is 519 g/mol. The normalized spacial score (nSPS) is 11.6. The third-order valence-electron chi connectivity index (χ3n) is 5.97. The zero-order valence-electron chi connectivity index (χ0n) is 21.4. The second-order valence-corrected chi connectivity index (χ2v) is 9.80. The van der Waals surface area contributed by atoms with Gasteiger partial charge in [0.1, 0.15) is 5.82 Å². The van der Waals surface area contributed by atoms with Crippen LogP contribution in [0.4, 0.5) is 14.9 Å². The molecule has 1 atom stereocenters. The van der Waals surface area contributed by atoms with Gasteiger partial charge in [0.05, 0.1) is 11.0 Å². The number of nitro groups is 1. The molecule has 3 aromatic carbocycles. The Morgan fingerprint density at radius 3 is 2.41 bits per heavy atom. The van der Waals surface area contributed by atoms with Gasteiger partial charge in [-0.15, -0.1) is 10.2 Å². The number of hydrogen-bond donors (Lipinski definition) is 2. The smallest absolute Gasteiger partial charge is 0.315 e. The highest BCUT2D eigenvalue weighted by molar-refractivity contribution is 7.98. The van der Waals surface area contributed by atoms with E-state index in [0.29, 0.717) is 35.4 Å². The van der Waals surface area contributed by atoms with E-state index in [1.807, 2.05) is 30.3 Å². The van der Waals surface area contributed by atoms with Crippen molar-refractivity contribution in [1.82, 2.24) is 25.4 Å². The zero-order chi connectivity index (χ0) is 27.6. The van der Waals surface area contributed by atoms with Crippen molar-refractivity contribution in [1.29, 1.82) is 0 Å². The fourth-order valence-corrected chi connectivity index (χ4v) is 4.85. The van der Waals surface area contributed by atoms with Crippen molar-refractivity contribution in [2.24, 2.45) is 0 Å². The third kappa shape index (κ3) is 7.64. The highest BCUT2D eigenvalue weighted by atomic mass is 32.2. The Balaban J connectivity index is 1.70. The Hall–Kier alpha value is -4.25. The van der Waals surface area contributed by atoms with E-state index in [0.717, 1.165) is 24.0 Å². The molecule has 11 heteroatoms. The predicted octanol–water partition coefficient (Wildman–Crippen LogP) is 5.99. The zero-order valence-corrected chi connectivity index (χ0v) is 22.2. The largest absolute Gasteiger partial charge is 0.338 e. The van der Waals surface area contributed by atoms with Crippen LogP contribution in [0.15, 0.2) is 84.0 Å². The Labute approximate surface area is 230 Å². The molecule has 39 heavy (non-hydrogen) atoms. The lowest BCUT2D eigenvalue weighted by atomic mass is 10.1. The molecule has 1 aromatic heterocycles. The van der Waals surface area contributed by atoms with Crippen LogP contribution in [0.25, 0.3) is 5.69 Å². The standard InChI is InChI=1S/C28H29FN6O3S/c1-2-3-17-30-27(36)31-25(18-20-7-5-4-6-8-20)26-32-33-28(39-19-21-9-11-22(29)12-10-21)34(26)23-13-15-24(16-14-23)35(37)38/h4-16,25H,2-3,17-19H2,1H3,(H2,30,31,36). The fourth-order valence-electron chi connectivity index (χ4n) is 3.94. The minimum Gasteiger partial charge on any atom is -0.338 e. The van der Waals surface area contributed by atoms with Gasteiger partial charge in [-0.1, -0.05) is 67.6 Å².